The van der Waals surface area contributed by atoms with Gasteiger partial charge in [-0.15, -0.1) is 0 Å². The average Bonchev–Trinajstić information content (AvgIpc) is 2.59. The Labute approximate surface area is 118 Å². The van der Waals surface area contributed by atoms with Crippen LogP contribution in [-0.4, -0.2) is 32.8 Å². The van der Waals surface area contributed by atoms with Gasteiger partial charge in [0.1, 0.15) is 12.1 Å². The van der Waals surface area contributed by atoms with Gasteiger partial charge in [0, 0.05) is 12.2 Å². The lowest BCUT2D eigenvalue weighted by molar-refractivity contribution is -0.122. The van der Waals surface area contributed by atoms with Crippen molar-refractivity contribution in [3.63, 3.8) is 0 Å². The second kappa shape index (κ2) is 6.54. The van der Waals surface area contributed by atoms with Gasteiger partial charge >= 0.3 is 5.97 Å². The smallest absolute Gasteiger partial charge is 0.339 e. The second-order valence-electron chi connectivity index (χ2n) is 5.39. The quantitative estimate of drug-likeness (QED) is 0.822. The minimum atomic E-state index is -1.02. The number of carboxylic acids is 1. The van der Waals surface area contributed by atoms with Gasteiger partial charge in [0.25, 0.3) is 0 Å². The minimum absolute atomic E-state index is 0.0740. The van der Waals surface area contributed by atoms with Gasteiger partial charge in [0.05, 0.1) is 5.69 Å². The molecule has 0 aromatic carbocycles. The Hall–Kier alpha value is -1.85. The van der Waals surface area contributed by atoms with Crippen LogP contribution in [0.2, 0.25) is 0 Å². The molecule has 6 nitrogen and oxygen atoms in total. The van der Waals surface area contributed by atoms with Crippen LogP contribution in [0.4, 0.5) is 0 Å². The fourth-order valence-corrected chi connectivity index (χ4v) is 2.65. The molecule has 20 heavy (non-hydrogen) atoms. The third-order valence-corrected chi connectivity index (χ3v) is 3.70. The van der Waals surface area contributed by atoms with Crippen molar-refractivity contribution in [2.45, 2.75) is 58.0 Å². The van der Waals surface area contributed by atoms with Gasteiger partial charge in [0.15, 0.2) is 0 Å². The van der Waals surface area contributed by atoms with E-state index in [0.29, 0.717) is 5.69 Å². The molecular formula is C14H21N3O3. The number of nitrogens with one attached hydrogen (secondary N) is 1. The van der Waals surface area contributed by atoms with Gasteiger partial charge in [-0.25, -0.2) is 4.79 Å². The van der Waals surface area contributed by atoms with E-state index in [2.05, 4.69) is 10.4 Å². The first kappa shape index (κ1) is 14.6. The highest BCUT2D eigenvalue weighted by atomic mass is 16.4. The van der Waals surface area contributed by atoms with E-state index in [1.54, 1.807) is 6.92 Å². The Morgan fingerprint density at radius 1 is 1.35 bits per heavy atom. The maximum absolute atomic E-state index is 12.0. The molecule has 2 N–H and O–H groups in total. The number of aromatic carboxylic acids is 1. The Balaban J connectivity index is 1.90. The molecule has 1 fully saturated rings. The topological polar surface area (TPSA) is 84.2 Å². The molecule has 0 spiro atoms. The summed E-state index contributed by atoms with van der Waals surface area (Å²) in [6, 6.07) is 0.251. The number of hydrogen-bond acceptors (Lipinski definition) is 3. The van der Waals surface area contributed by atoms with E-state index in [1.807, 2.05) is 0 Å². The SMILES string of the molecule is Cc1nn(CC(=O)NC2CCCCCC2)cc1C(=O)O. The lowest BCUT2D eigenvalue weighted by atomic mass is 10.1. The van der Waals surface area contributed by atoms with E-state index < -0.39 is 5.97 Å². The van der Waals surface area contributed by atoms with Gasteiger partial charge in [-0.05, 0) is 19.8 Å². The fraction of sp³-hybridized carbons (Fsp3) is 0.643. The summed E-state index contributed by atoms with van der Waals surface area (Å²) >= 11 is 0. The average molecular weight is 279 g/mol. The van der Waals surface area contributed by atoms with Crippen LogP contribution in [0, 0.1) is 6.92 Å². The highest BCUT2D eigenvalue weighted by molar-refractivity contribution is 5.88. The predicted octanol–water partition coefficient (Wildman–Crippen LogP) is 1.73. The zero-order valence-corrected chi connectivity index (χ0v) is 11.8. The van der Waals surface area contributed by atoms with Crippen molar-refractivity contribution in [1.82, 2.24) is 15.1 Å². The summed E-state index contributed by atoms with van der Waals surface area (Å²) in [5, 5.41) is 16.0. The summed E-state index contributed by atoms with van der Waals surface area (Å²) in [7, 11) is 0. The zero-order valence-electron chi connectivity index (χ0n) is 11.8. The van der Waals surface area contributed by atoms with Crippen molar-refractivity contribution in [3.8, 4) is 0 Å². The summed E-state index contributed by atoms with van der Waals surface area (Å²) in [5.41, 5.74) is 0.576. The number of carboxylic acid groups (broad SMARTS) is 1. The van der Waals surface area contributed by atoms with Crippen LogP contribution in [0.1, 0.15) is 54.6 Å². The number of amides is 1. The van der Waals surface area contributed by atoms with Crippen molar-refractivity contribution >= 4 is 11.9 Å². The van der Waals surface area contributed by atoms with Crippen molar-refractivity contribution in [2.75, 3.05) is 0 Å². The van der Waals surface area contributed by atoms with Crippen molar-refractivity contribution in [1.29, 1.82) is 0 Å². The summed E-state index contributed by atoms with van der Waals surface area (Å²) in [4.78, 5) is 22.9. The summed E-state index contributed by atoms with van der Waals surface area (Å²) in [5.74, 6) is -1.12. The molecule has 0 bridgehead atoms. The Morgan fingerprint density at radius 2 is 2.00 bits per heavy atom. The molecule has 1 heterocycles. The van der Waals surface area contributed by atoms with Crippen LogP contribution in [0.3, 0.4) is 0 Å². The normalized spacial score (nSPS) is 16.6. The molecule has 0 radical (unpaired) electrons. The molecule has 0 unspecified atom stereocenters. The van der Waals surface area contributed by atoms with Gasteiger partial charge in [-0.1, -0.05) is 25.7 Å². The van der Waals surface area contributed by atoms with E-state index in [1.165, 1.54) is 23.7 Å². The van der Waals surface area contributed by atoms with E-state index in [9.17, 15) is 9.59 Å². The van der Waals surface area contributed by atoms with Crippen LogP contribution >= 0.6 is 0 Å². The first-order valence-electron chi connectivity index (χ1n) is 7.13. The number of aromatic nitrogens is 2. The lowest BCUT2D eigenvalue weighted by Gasteiger charge is -2.16. The predicted molar refractivity (Wildman–Crippen MR) is 73.6 cm³/mol. The van der Waals surface area contributed by atoms with Crippen LogP contribution in [0.5, 0.6) is 0 Å². The molecule has 6 heteroatoms. The summed E-state index contributed by atoms with van der Waals surface area (Å²) in [6.07, 6.45) is 8.28. The number of nitrogens with zero attached hydrogens (tertiary/aromatic N) is 2. The van der Waals surface area contributed by atoms with Gasteiger partial charge in [-0.3, -0.25) is 9.48 Å². The van der Waals surface area contributed by atoms with Crippen LogP contribution in [0.15, 0.2) is 6.20 Å². The molecule has 1 aliphatic rings. The van der Waals surface area contributed by atoms with Crippen molar-refractivity contribution in [2.24, 2.45) is 0 Å². The molecule has 1 aromatic rings. The largest absolute Gasteiger partial charge is 0.478 e. The van der Waals surface area contributed by atoms with Crippen LogP contribution in [-0.2, 0) is 11.3 Å². The van der Waals surface area contributed by atoms with Gasteiger partial charge < -0.3 is 10.4 Å². The standard InChI is InChI=1S/C14H21N3O3/c1-10-12(14(19)20)8-17(16-10)9-13(18)15-11-6-4-2-3-5-7-11/h8,11H,2-7,9H2,1H3,(H,15,18)(H,19,20). The Morgan fingerprint density at radius 3 is 2.55 bits per heavy atom. The second-order valence-corrected chi connectivity index (χ2v) is 5.39. The Bertz CT molecular complexity index is 488. The highest BCUT2D eigenvalue weighted by Crippen LogP contribution is 2.17. The van der Waals surface area contributed by atoms with E-state index >= 15 is 0 Å². The van der Waals surface area contributed by atoms with E-state index in [0.717, 1.165) is 25.7 Å². The number of carbonyl (C=O) groups excluding carboxylic acids is 1. The number of rotatable bonds is 4. The molecule has 1 aliphatic carbocycles. The van der Waals surface area contributed by atoms with Gasteiger partial charge in [0.2, 0.25) is 5.91 Å². The van der Waals surface area contributed by atoms with E-state index in [-0.39, 0.29) is 24.1 Å². The summed E-state index contributed by atoms with van der Waals surface area (Å²) in [6.45, 7) is 1.70. The Kier molecular flexibility index (Phi) is 4.76. The van der Waals surface area contributed by atoms with E-state index in [4.69, 9.17) is 5.11 Å². The molecule has 0 aliphatic heterocycles. The molecule has 1 aromatic heterocycles. The molecule has 0 atom stereocenters. The third kappa shape index (κ3) is 3.82. The number of aryl methyl sites for hydroxylation is 1. The highest BCUT2D eigenvalue weighted by Gasteiger charge is 2.17. The molecule has 2 rings (SSSR count). The molecule has 1 amide bonds. The first-order chi connectivity index (χ1) is 9.56. The van der Waals surface area contributed by atoms with Gasteiger partial charge in [-0.2, -0.15) is 5.10 Å². The van der Waals surface area contributed by atoms with Crippen molar-refractivity contribution in [3.05, 3.63) is 17.5 Å². The maximum Gasteiger partial charge on any atom is 0.339 e. The minimum Gasteiger partial charge on any atom is -0.478 e. The number of carbonyl (C=O) groups is 2. The lowest BCUT2D eigenvalue weighted by Crippen LogP contribution is -2.36. The number of hydrogen-bond donors (Lipinski definition) is 2. The first-order valence-corrected chi connectivity index (χ1v) is 7.13. The fourth-order valence-electron chi connectivity index (χ4n) is 2.65. The molecule has 0 saturated heterocycles. The molecule has 1 saturated carbocycles. The zero-order chi connectivity index (χ0) is 14.5. The maximum atomic E-state index is 12.0. The van der Waals surface area contributed by atoms with Crippen molar-refractivity contribution < 1.29 is 14.7 Å². The summed E-state index contributed by atoms with van der Waals surface area (Å²) < 4.78 is 1.39. The third-order valence-electron chi connectivity index (χ3n) is 3.70. The molecule has 110 valence electrons. The molecular weight excluding hydrogens is 258 g/mol. The van der Waals surface area contributed by atoms with Crippen LogP contribution in [0.25, 0.3) is 0 Å². The monoisotopic (exact) mass is 279 g/mol. The van der Waals surface area contributed by atoms with Crippen LogP contribution < -0.4 is 5.32 Å².